The highest BCUT2D eigenvalue weighted by Gasteiger charge is 2.28. The van der Waals surface area contributed by atoms with Gasteiger partial charge in [-0.15, -0.1) is 0 Å². The number of morpholine rings is 1. The average Bonchev–Trinajstić information content (AvgIpc) is 2.40. The Balaban J connectivity index is 2.12. The third kappa shape index (κ3) is 4.28. The van der Waals surface area contributed by atoms with E-state index in [0.29, 0.717) is 24.3 Å². The molecule has 0 aliphatic carbocycles. The molecule has 5 nitrogen and oxygen atoms in total. The van der Waals surface area contributed by atoms with E-state index in [4.69, 9.17) is 4.74 Å². The molecule has 2 atom stereocenters. The van der Waals surface area contributed by atoms with Crippen LogP contribution in [0.4, 0.5) is 0 Å². The molecule has 21 heavy (non-hydrogen) atoms. The molecule has 0 bridgehead atoms. The molecule has 1 aliphatic heterocycles. The molecule has 1 fully saturated rings. The molecule has 1 aromatic carbocycles. The average molecular weight is 311 g/mol. The summed E-state index contributed by atoms with van der Waals surface area (Å²) in [6.45, 7) is 5.02. The van der Waals surface area contributed by atoms with E-state index < -0.39 is 9.84 Å². The molecule has 1 amide bonds. The number of benzene rings is 1. The van der Waals surface area contributed by atoms with Crippen LogP contribution < -0.4 is 0 Å². The number of hydrogen-bond donors (Lipinski definition) is 0. The Kier molecular flexibility index (Phi) is 4.68. The number of amides is 1. The zero-order chi connectivity index (χ0) is 15.6. The number of sulfone groups is 1. The molecular formula is C15H21NO4S. The van der Waals surface area contributed by atoms with Crippen molar-refractivity contribution in [3.8, 4) is 0 Å². The van der Waals surface area contributed by atoms with Gasteiger partial charge < -0.3 is 9.64 Å². The molecule has 6 heteroatoms. The second kappa shape index (κ2) is 6.15. The van der Waals surface area contributed by atoms with Gasteiger partial charge in [-0.1, -0.05) is 12.1 Å². The van der Waals surface area contributed by atoms with Gasteiger partial charge in [0, 0.05) is 18.4 Å². The summed E-state index contributed by atoms with van der Waals surface area (Å²) >= 11 is 0. The first-order valence-electron chi connectivity index (χ1n) is 6.95. The van der Waals surface area contributed by atoms with Gasteiger partial charge in [0.15, 0.2) is 9.84 Å². The van der Waals surface area contributed by atoms with Crippen LogP contribution in [0.2, 0.25) is 0 Å². The molecule has 0 saturated carbocycles. The molecule has 0 N–H and O–H groups in total. The van der Waals surface area contributed by atoms with Gasteiger partial charge in [-0.05, 0) is 31.5 Å². The van der Waals surface area contributed by atoms with Crippen LogP contribution in [0, 0.1) is 0 Å². The highest BCUT2D eigenvalue weighted by Crippen LogP contribution is 2.16. The fraction of sp³-hybridized carbons (Fsp3) is 0.533. The first kappa shape index (κ1) is 16.0. The monoisotopic (exact) mass is 311 g/mol. The third-order valence-corrected chi connectivity index (χ3v) is 4.36. The fourth-order valence-electron chi connectivity index (χ4n) is 2.40. The van der Waals surface area contributed by atoms with Crippen molar-refractivity contribution in [3.63, 3.8) is 0 Å². The minimum atomic E-state index is -3.06. The molecule has 0 spiro atoms. The summed E-state index contributed by atoms with van der Waals surface area (Å²) in [4.78, 5) is 14.3. The first-order chi connectivity index (χ1) is 9.76. The van der Waals surface area contributed by atoms with E-state index in [1.165, 1.54) is 6.26 Å². The van der Waals surface area contributed by atoms with Crippen molar-refractivity contribution in [2.45, 2.75) is 31.7 Å². The van der Waals surface area contributed by atoms with Crippen LogP contribution in [0.25, 0.3) is 0 Å². The van der Waals surface area contributed by atoms with E-state index in [2.05, 4.69) is 0 Å². The molecular weight excluding hydrogens is 290 g/mol. The number of hydrogen-bond acceptors (Lipinski definition) is 4. The van der Waals surface area contributed by atoms with Gasteiger partial charge in [-0.25, -0.2) is 8.42 Å². The van der Waals surface area contributed by atoms with Crippen LogP contribution in [0.1, 0.15) is 29.8 Å². The molecule has 0 radical (unpaired) electrons. The Morgan fingerprint density at radius 2 is 1.90 bits per heavy atom. The summed E-state index contributed by atoms with van der Waals surface area (Å²) in [6.07, 6.45) is 1.23. The molecule has 2 rings (SSSR count). The van der Waals surface area contributed by atoms with Gasteiger partial charge in [-0.2, -0.15) is 0 Å². The quantitative estimate of drug-likeness (QED) is 0.848. The summed E-state index contributed by atoms with van der Waals surface area (Å²) in [7, 11) is -3.06. The van der Waals surface area contributed by atoms with Crippen LogP contribution in [-0.4, -0.2) is 50.8 Å². The van der Waals surface area contributed by atoms with E-state index in [-0.39, 0.29) is 23.8 Å². The van der Waals surface area contributed by atoms with Gasteiger partial charge in [0.1, 0.15) is 0 Å². The number of nitrogens with zero attached hydrogens (tertiary/aromatic N) is 1. The van der Waals surface area contributed by atoms with Crippen LogP contribution in [0.5, 0.6) is 0 Å². The van der Waals surface area contributed by atoms with E-state index >= 15 is 0 Å². The molecule has 2 unspecified atom stereocenters. The van der Waals surface area contributed by atoms with Crippen LogP contribution in [-0.2, 0) is 20.3 Å². The maximum atomic E-state index is 12.5. The Morgan fingerprint density at radius 3 is 2.48 bits per heavy atom. The van der Waals surface area contributed by atoms with E-state index in [1.54, 1.807) is 29.2 Å². The van der Waals surface area contributed by atoms with Gasteiger partial charge in [-0.3, -0.25) is 4.79 Å². The predicted octanol–water partition coefficient (Wildman–Crippen LogP) is 1.48. The SMILES string of the molecule is CC1CN(C(=O)c2ccc(CS(C)(=O)=O)cc2)C(C)CO1. The summed E-state index contributed by atoms with van der Waals surface area (Å²) in [6, 6.07) is 6.82. The highest BCUT2D eigenvalue weighted by atomic mass is 32.2. The molecule has 0 aromatic heterocycles. The third-order valence-electron chi connectivity index (χ3n) is 3.50. The lowest BCUT2D eigenvalue weighted by molar-refractivity contribution is -0.0387. The van der Waals surface area contributed by atoms with Crippen molar-refractivity contribution in [2.75, 3.05) is 19.4 Å². The van der Waals surface area contributed by atoms with Crippen molar-refractivity contribution in [1.82, 2.24) is 4.90 Å². The highest BCUT2D eigenvalue weighted by molar-refractivity contribution is 7.89. The van der Waals surface area contributed by atoms with E-state index in [1.807, 2.05) is 13.8 Å². The summed E-state index contributed by atoms with van der Waals surface area (Å²) < 4.78 is 28.0. The Hall–Kier alpha value is -1.40. The standard InChI is InChI=1S/C15H21NO4S/c1-11-9-20-12(2)8-16(11)15(17)14-6-4-13(5-7-14)10-21(3,18)19/h4-7,11-12H,8-10H2,1-3H3. The summed E-state index contributed by atoms with van der Waals surface area (Å²) in [5, 5.41) is 0. The zero-order valence-electron chi connectivity index (χ0n) is 12.6. The van der Waals surface area contributed by atoms with Crippen molar-refractivity contribution in [2.24, 2.45) is 0 Å². The van der Waals surface area contributed by atoms with Crippen LogP contribution in [0.3, 0.4) is 0 Å². The summed E-state index contributed by atoms with van der Waals surface area (Å²) in [5.41, 5.74) is 1.27. The maximum absolute atomic E-state index is 12.5. The second-order valence-electron chi connectivity index (χ2n) is 5.72. The fourth-order valence-corrected chi connectivity index (χ4v) is 3.20. The summed E-state index contributed by atoms with van der Waals surface area (Å²) in [5.74, 6) is -0.0459. The minimum Gasteiger partial charge on any atom is -0.375 e. The number of ether oxygens (including phenoxy) is 1. The smallest absolute Gasteiger partial charge is 0.254 e. The van der Waals surface area contributed by atoms with Crippen molar-refractivity contribution in [1.29, 1.82) is 0 Å². The lowest BCUT2D eigenvalue weighted by Crippen LogP contribution is -2.50. The number of carbonyl (C=O) groups is 1. The number of carbonyl (C=O) groups excluding carboxylic acids is 1. The predicted molar refractivity (Wildman–Crippen MR) is 80.9 cm³/mol. The van der Waals surface area contributed by atoms with Gasteiger partial charge >= 0.3 is 0 Å². The van der Waals surface area contributed by atoms with Gasteiger partial charge in [0.2, 0.25) is 0 Å². The van der Waals surface area contributed by atoms with Crippen molar-refractivity contribution in [3.05, 3.63) is 35.4 Å². The lowest BCUT2D eigenvalue weighted by Gasteiger charge is -2.36. The van der Waals surface area contributed by atoms with Crippen LogP contribution in [0.15, 0.2) is 24.3 Å². The zero-order valence-corrected chi connectivity index (χ0v) is 13.4. The van der Waals surface area contributed by atoms with Crippen LogP contribution >= 0.6 is 0 Å². The molecule has 1 aliphatic rings. The minimum absolute atomic E-state index is 0.00748. The molecule has 1 saturated heterocycles. The normalized spacial score (nSPS) is 23.1. The topological polar surface area (TPSA) is 63.7 Å². The Morgan fingerprint density at radius 1 is 1.29 bits per heavy atom. The van der Waals surface area contributed by atoms with Gasteiger partial charge in [0.25, 0.3) is 5.91 Å². The molecule has 116 valence electrons. The second-order valence-corrected chi connectivity index (χ2v) is 7.86. The molecule has 1 aromatic rings. The maximum Gasteiger partial charge on any atom is 0.254 e. The first-order valence-corrected chi connectivity index (χ1v) is 9.01. The van der Waals surface area contributed by atoms with Crippen molar-refractivity contribution < 1.29 is 17.9 Å². The Bertz CT molecular complexity index is 609. The largest absolute Gasteiger partial charge is 0.375 e. The van der Waals surface area contributed by atoms with E-state index in [0.717, 1.165) is 0 Å². The van der Waals surface area contributed by atoms with Crippen molar-refractivity contribution >= 4 is 15.7 Å². The Labute approximate surface area is 125 Å². The lowest BCUT2D eigenvalue weighted by atomic mass is 10.1. The number of rotatable bonds is 3. The molecule has 1 heterocycles. The van der Waals surface area contributed by atoms with E-state index in [9.17, 15) is 13.2 Å². The van der Waals surface area contributed by atoms with Gasteiger partial charge in [0.05, 0.1) is 24.5 Å².